The van der Waals surface area contributed by atoms with Crippen LogP contribution in [0.15, 0.2) is 29.1 Å². The van der Waals surface area contributed by atoms with Gasteiger partial charge in [-0.05, 0) is 64.8 Å². The van der Waals surface area contributed by atoms with Crippen molar-refractivity contribution >= 4 is 5.91 Å². The molecule has 152 valence electrons. The van der Waals surface area contributed by atoms with Gasteiger partial charge in [-0.1, -0.05) is 0 Å². The fourth-order valence-corrected chi connectivity index (χ4v) is 3.77. The van der Waals surface area contributed by atoms with Crippen molar-refractivity contribution < 1.29 is 9.53 Å². The van der Waals surface area contributed by atoms with Crippen LogP contribution < -0.4 is 10.4 Å². The average molecular weight is 386 g/mol. The number of nitrogens with zero attached hydrogens (tertiary/aromatic N) is 4. The van der Waals surface area contributed by atoms with Gasteiger partial charge in [-0.15, -0.1) is 0 Å². The second-order valence-electron chi connectivity index (χ2n) is 8.01. The van der Waals surface area contributed by atoms with Gasteiger partial charge in [0.05, 0.1) is 6.10 Å². The zero-order valence-corrected chi connectivity index (χ0v) is 17.4. The summed E-state index contributed by atoms with van der Waals surface area (Å²) in [5.74, 6) is 1.62. The summed E-state index contributed by atoms with van der Waals surface area (Å²) in [6.07, 6.45) is 1.92. The average Bonchev–Trinajstić information content (AvgIpc) is 2.96. The first-order valence-electron chi connectivity index (χ1n) is 9.99. The van der Waals surface area contributed by atoms with Crippen LogP contribution in [0.25, 0.3) is 0 Å². The number of aromatic nitrogens is 3. The largest absolute Gasteiger partial charge is 0.491 e. The van der Waals surface area contributed by atoms with E-state index in [-0.39, 0.29) is 29.7 Å². The molecule has 1 unspecified atom stereocenters. The summed E-state index contributed by atoms with van der Waals surface area (Å²) in [5.41, 5.74) is 0.549. The van der Waals surface area contributed by atoms with E-state index in [1.807, 2.05) is 56.9 Å². The van der Waals surface area contributed by atoms with Crippen LogP contribution >= 0.6 is 0 Å². The first-order valence-corrected chi connectivity index (χ1v) is 9.99. The number of ether oxygens (including phenoxy) is 1. The van der Waals surface area contributed by atoms with Crippen molar-refractivity contribution in [3.05, 3.63) is 46.1 Å². The summed E-state index contributed by atoms with van der Waals surface area (Å²) in [5, 5.41) is 4.47. The highest BCUT2D eigenvalue weighted by molar-refractivity contribution is 5.94. The Labute approximate surface area is 165 Å². The maximum atomic E-state index is 13.0. The maximum Gasteiger partial charge on any atom is 0.345 e. The molecule has 1 fully saturated rings. The van der Waals surface area contributed by atoms with Gasteiger partial charge in [-0.25, -0.2) is 9.48 Å². The number of aryl methyl sites for hydroxylation is 1. The van der Waals surface area contributed by atoms with Gasteiger partial charge in [0.15, 0.2) is 0 Å². The van der Waals surface area contributed by atoms with Gasteiger partial charge >= 0.3 is 5.69 Å². The van der Waals surface area contributed by atoms with E-state index in [4.69, 9.17) is 4.74 Å². The molecule has 0 radical (unpaired) electrons. The predicted octanol–water partition coefficient (Wildman–Crippen LogP) is 2.97. The summed E-state index contributed by atoms with van der Waals surface area (Å²) in [4.78, 5) is 27.3. The minimum Gasteiger partial charge on any atom is -0.491 e. The smallest absolute Gasteiger partial charge is 0.345 e. The van der Waals surface area contributed by atoms with Crippen molar-refractivity contribution in [1.29, 1.82) is 0 Å². The third kappa shape index (κ3) is 4.13. The Kier molecular flexibility index (Phi) is 5.91. The molecule has 0 aliphatic carbocycles. The number of likely N-dealkylation sites (tertiary alicyclic amines) is 1. The van der Waals surface area contributed by atoms with Gasteiger partial charge in [0.1, 0.15) is 11.6 Å². The lowest BCUT2D eigenvalue weighted by molar-refractivity contribution is 0.0702. The van der Waals surface area contributed by atoms with Crippen molar-refractivity contribution in [2.24, 2.45) is 7.05 Å². The Morgan fingerprint density at radius 1 is 1.18 bits per heavy atom. The molecule has 1 aliphatic rings. The van der Waals surface area contributed by atoms with Crippen LogP contribution in [0.2, 0.25) is 0 Å². The van der Waals surface area contributed by atoms with Crippen LogP contribution in [0.4, 0.5) is 0 Å². The topological polar surface area (TPSA) is 69.4 Å². The van der Waals surface area contributed by atoms with E-state index in [1.165, 1.54) is 4.68 Å². The van der Waals surface area contributed by atoms with Crippen LogP contribution in [0, 0.1) is 0 Å². The van der Waals surface area contributed by atoms with E-state index < -0.39 is 0 Å². The molecular weight excluding hydrogens is 356 g/mol. The van der Waals surface area contributed by atoms with Gasteiger partial charge in [-0.2, -0.15) is 5.10 Å². The van der Waals surface area contributed by atoms with E-state index in [2.05, 4.69) is 5.10 Å². The highest BCUT2D eigenvalue weighted by Gasteiger charge is 2.30. The number of rotatable bonds is 5. The monoisotopic (exact) mass is 386 g/mol. The molecule has 1 aromatic carbocycles. The zero-order chi connectivity index (χ0) is 20.4. The van der Waals surface area contributed by atoms with Crippen LogP contribution in [0.5, 0.6) is 5.75 Å². The van der Waals surface area contributed by atoms with Crippen molar-refractivity contribution in [2.75, 3.05) is 13.1 Å². The molecule has 0 spiro atoms. The third-order valence-corrected chi connectivity index (χ3v) is 5.05. The van der Waals surface area contributed by atoms with E-state index in [1.54, 1.807) is 11.6 Å². The molecule has 7 heteroatoms. The van der Waals surface area contributed by atoms with Gasteiger partial charge in [0.2, 0.25) is 0 Å². The first kappa shape index (κ1) is 20.2. The van der Waals surface area contributed by atoms with Crippen molar-refractivity contribution in [3.63, 3.8) is 0 Å². The number of amides is 1. The van der Waals surface area contributed by atoms with Crippen LogP contribution in [0.1, 0.15) is 68.7 Å². The Morgan fingerprint density at radius 3 is 2.46 bits per heavy atom. The molecule has 2 aromatic rings. The van der Waals surface area contributed by atoms with E-state index in [9.17, 15) is 9.59 Å². The Balaban J connectivity index is 1.77. The number of carbonyl (C=O) groups excluding carboxylic acids is 1. The summed E-state index contributed by atoms with van der Waals surface area (Å²) in [6.45, 7) is 9.21. The van der Waals surface area contributed by atoms with Crippen LogP contribution in [-0.2, 0) is 7.05 Å². The quantitative estimate of drug-likeness (QED) is 0.792. The number of hydrogen-bond donors (Lipinski definition) is 0. The Bertz CT molecular complexity index is 880. The second-order valence-corrected chi connectivity index (χ2v) is 8.01. The summed E-state index contributed by atoms with van der Waals surface area (Å²) in [7, 11) is 1.68. The van der Waals surface area contributed by atoms with Gasteiger partial charge in [0.25, 0.3) is 5.91 Å². The van der Waals surface area contributed by atoms with E-state index in [0.717, 1.165) is 31.0 Å². The molecule has 1 aliphatic heterocycles. The normalized spacial score (nSPS) is 17.4. The molecule has 0 N–H and O–H groups in total. The standard InChI is InChI=1S/C21H30N4O3/c1-14(2)25-19(22-23(5)21(25)27)17-7-6-12-24(13-17)20(26)16-8-10-18(11-9-16)28-15(3)4/h8-11,14-15,17H,6-7,12-13H2,1-5H3. The second kappa shape index (κ2) is 8.20. The van der Waals surface area contributed by atoms with Crippen LogP contribution in [-0.4, -0.2) is 44.3 Å². The fourth-order valence-electron chi connectivity index (χ4n) is 3.77. The number of carbonyl (C=O) groups is 1. The van der Waals surface area contributed by atoms with Crippen LogP contribution in [0.3, 0.4) is 0 Å². The Morgan fingerprint density at radius 2 is 1.86 bits per heavy atom. The highest BCUT2D eigenvalue weighted by Crippen LogP contribution is 2.27. The minimum absolute atomic E-state index is 0.00942. The number of benzene rings is 1. The number of piperidine rings is 1. The van der Waals surface area contributed by atoms with E-state index >= 15 is 0 Å². The number of hydrogen-bond acceptors (Lipinski definition) is 4. The minimum atomic E-state index is -0.103. The molecular formula is C21H30N4O3. The summed E-state index contributed by atoms with van der Waals surface area (Å²) in [6, 6.07) is 7.34. The molecule has 1 saturated heterocycles. The molecule has 28 heavy (non-hydrogen) atoms. The van der Waals surface area contributed by atoms with Gasteiger partial charge < -0.3 is 9.64 Å². The van der Waals surface area contributed by atoms with Crippen molar-refractivity contribution in [1.82, 2.24) is 19.2 Å². The van der Waals surface area contributed by atoms with E-state index in [0.29, 0.717) is 12.1 Å². The van der Waals surface area contributed by atoms with Crippen molar-refractivity contribution in [2.45, 2.75) is 58.6 Å². The summed E-state index contributed by atoms with van der Waals surface area (Å²) < 4.78 is 8.79. The molecule has 2 heterocycles. The molecule has 7 nitrogen and oxygen atoms in total. The molecule has 3 rings (SSSR count). The molecule has 1 atom stereocenters. The van der Waals surface area contributed by atoms with Gasteiger partial charge in [0, 0.05) is 37.7 Å². The first-order chi connectivity index (χ1) is 13.3. The fraction of sp³-hybridized carbons (Fsp3) is 0.571. The lowest BCUT2D eigenvalue weighted by Gasteiger charge is -2.32. The van der Waals surface area contributed by atoms with Crippen molar-refractivity contribution in [3.8, 4) is 5.75 Å². The molecule has 1 amide bonds. The highest BCUT2D eigenvalue weighted by atomic mass is 16.5. The summed E-state index contributed by atoms with van der Waals surface area (Å²) >= 11 is 0. The lowest BCUT2D eigenvalue weighted by atomic mass is 9.96. The molecule has 1 aromatic heterocycles. The molecule has 0 saturated carbocycles. The third-order valence-electron chi connectivity index (χ3n) is 5.05. The Hall–Kier alpha value is -2.57. The maximum absolute atomic E-state index is 13.0. The lowest BCUT2D eigenvalue weighted by Crippen LogP contribution is -2.40. The molecule has 0 bridgehead atoms. The SMILES string of the molecule is CC(C)Oc1ccc(C(=O)N2CCCC(c3nn(C)c(=O)n3C(C)C)C2)cc1. The predicted molar refractivity (Wildman–Crippen MR) is 108 cm³/mol. The zero-order valence-electron chi connectivity index (χ0n) is 17.4. The van der Waals surface area contributed by atoms with Gasteiger partial charge in [-0.3, -0.25) is 9.36 Å².